The van der Waals surface area contributed by atoms with Crippen LogP contribution in [0, 0.1) is 6.92 Å². The average molecular weight is 400 g/mol. The van der Waals surface area contributed by atoms with Gasteiger partial charge in [0, 0.05) is 5.39 Å². The van der Waals surface area contributed by atoms with E-state index in [0.29, 0.717) is 12.3 Å². The van der Waals surface area contributed by atoms with Gasteiger partial charge in [0.15, 0.2) is 5.65 Å². The van der Waals surface area contributed by atoms with E-state index in [4.69, 9.17) is 4.74 Å². The summed E-state index contributed by atoms with van der Waals surface area (Å²) >= 11 is 0. The number of rotatable bonds is 7. The first-order chi connectivity index (χ1) is 14.6. The Kier molecular flexibility index (Phi) is 5.75. The van der Waals surface area contributed by atoms with Crippen LogP contribution in [0.15, 0.2) is 66.9 Å². The molecule has 2 aromatic heterocycles. The third-order valence-corrected chi connectivity index (χ3v) is 4.92. The fourth-order valence-electron chi connectivity index (χ4n) is 3.27. The third-order valence-electron chi connectivity index (χ3n) is 4.92. The number of aryl methyl sites for hydroxylation is 2. The molecule has 0 aliphatic heterocycles. The van der Waals surface area contributed by atoms with Crippen LogP contribution in [0.25, 0.3) is 16.7 Å². The van der Waals surface area contributed by atoms with Gasteiger partial charge in [-0.1, -0.05) is 37.3 Å². The number of pyridine rings is 1. The zero-order valence-electron chi connectivity index (χ0n) is 17.1. The number of aromatic nitrogens is 3. The molecule has 0 aliphatic rings. The number of hydrogen-bond donors (Lipinski definition) is 1. The van der Waals surface area contributed by atoms with E-state index in [0.717, 1.165) is 34.6 Å². The van der Waals surface area contributed by atoms with E-state index in [1.807, 2.05) is 72.3 Å². The molecule has 6 heteroatoms. The number of anilines is 1. The highest BCUT2D eigenvalue weighted by Crippen LogP contribution is 2.23. The molecule has 6 nitrogen and oxygen atoms in total. The molecule has 0 atom stereocenters. The molecular formula is C24H24N4O2. The minimum absolute atomic E-state index is 0.116. The molecule has 0 saturated heterocycles. The van der Waals surface area contributed by atoms with Crippen LogP contribution in [-0.2, 0) is 11.2 Å². The van der Waals surface area contributed by atoms with Gasteiger partial charge in [-0.25, -0.2) is 9.67 Å². The number of nitrogens with one attached hydrogen (secondary N) is 1. The number of fused-ring (bicyclic) bond motifs is 1. The Morgan fingerprint density at radius 1 is 1.10 bits per heavy atom. The largest absolute Gasteiger partial charge is 0.493 e. The van der Waals surface area contributed by atoms with Crippen molar-refractivity contribution in [1.82, 2.24) is 14.8 Å². The highest BCUT2D eigenvalue weighted by molar-refractivity contribution is 5.93. The Morgan fingerprint density at radius 2 is 1.87 bits per heavy atom. The Balaban J connectivity index is 1.40. The number of carbonyl (C=O) groups is 1. The van der Waals surface area contributed by atoms with E-state index in [1.54, 1.807) is 6.20 Å². The van der Waals surface area contributed by atoms with Crippen molar-refractivity contribution in [1.29, 1.82) is 0 Å². The van der Waals surface area contributed by atoms with Crippen molar-refractivity contribution in [3.8, 4) is 11.4 Å². The van der Waals surface area contributed by atoms with Crippen molar-refractivity contribution in [2.45, 2.75) is 26.7 Å². The fourth-order valence-corrected chi connectivity index (χ4v) is 3.27. The second-order valence-corrected chi connectivity index (χ2v) is 7.07. The number of carbonyl (C=O) groups excluding carboxylic acids is 1. The third kappa shape index (κ3) is 4.33. The monoisotopic (exact) mass is 400 g/mol. The number of ether oxygens (including phenoxy) is 1. The van der Waals surface area contributed by atoms with Crippen LogP contribution >= 0.6 is 0 Å². The van der Waals surface area contributed by atoms with Gasteiger partial charge in [-0.3, -0.25) is 4.79 Å². The van der Waals surface area contributed by atoms with Gasteiger partial charge in [-0.2, -0.15) is 5.10 Å². The molecule has 4 rings (SSSR count). The van der Waals surface area contributed by atoms with E-state index >= 15 is 0 Å². The lowest BCUT2D eigenvalue weighted by molar-refractivity contribution is -0.116. The Bertz CT molecular complexity index is 1150. The average Bonchev–Trinajstić information content (AvgIpc) is 3.11. The Labute approximate surface area is 175 Å². The molecule has 2 aromatic carbocycles. The summed E-state index contributed by atoms with van der Waals surface area (Å²) in [5, 5.41) is 8.40. The second-order valence-electron chi connectivity index (χ2n) is 7.07. The highest BCUT2D eigenvalue weighted by Gasteiger charge is 2.12. The first kappa shape index (κ1) is 19.6. The van der Waals surface area contributed by atoms with Gasteiger partial charge in [0.2, 0.25) is 5.91 Å². The lowest BCUT2D eigenvalue weighted by Crippen LogP contribution is -2.15. The van der Waals surface area contributed by atoms with Crippen molar-refractivity contribution in [2.24, 2.45) is 0 Å². The second kappa shape index (κ2) is 8.78. The first-order valence-corrected chi connectivity index (χ1v) is 10.1. The number of benzene rings is 2. The van der Waals surface area contributed by atoms with Crippen LogP contribution in [0.3, 0.4) is 0 Å². The van der Waals surface area contributed by atoms with Crippen molar-refractivity contribution in [2.75, 3.05) is 11.9 Å². The molecule has 0 saturated carbocycles. The van der Waals surface area contributed by atoms with E-state index in [9.17, 15) is 4.79 Å². The van der Waals surface area contributed by atoms with Crippen molar-refractivity contribution in [3.05, 3.63) is 78.1 Å². The van der Waals surface area contributed by atoms with Gasteiger partial charge < -0.3 is 10.1 Å². The molecule has 4 aromatic rings. The topological polar surface area (TPSA) is 69.0 Å². The highest BCUT2D eigenvalue weighted by atomic mass is 16.5. The number of amides is 1. The molecule has 0 radical (unpaired) electrons. The predicted molar refractivity (Wildman–Crippen MR) is 118 cm³/mol. The summed E-state index contributed by atoms with van der Waals surface area (Å²) in [7, 11) is 0. The smallest absolute Gasteiger partial charge is 0.227 e. The van der Waals surface area contributed by atoms with Crippen molar-refractivity contribution >= 4 is 22.6 Å². The quantitative estimate of drug-likeness (QED) is 0.488. The Hall–Kier alpha value is -3.67. The molecule has 1 N–H and O–H groups in total. The van der Waals surface area contributed by atoms with Gasteiger partial charge in [0.1, 0.15) is 5.75 Å². The molecule has 0 bridgehead atoms. The Morgan fingerprint density at radius 3 is 2.60 bits per heavy atom. The molecular weight excluding hydrogens is 376 g/mol. The molecule has 0 aliphatic carbocycles. The van der Waals surface area contributed by atoms with Crippen LogP contribution in [0.2, 0.25) is 0 Å². The standard InChI is InChI=1S/C24H24N4O2/c1-3-18-9-11-21(12-10-18)30-14-13-23(29)26-19-15-22-17(2)27-28(24(22)25-16-19)20-7-5-4-6-8-20/h4-12,15-16H,3,13-14H2,1-2H3,(H,26,29). The number of hydrogen-bond acceptors (Lipinski definition) is 4. The molecule has 0 unspecified atom stereocenters. The number of para-hydroxylation sites is 1. The summed E-state index contributed by atoms with van der Waals surface area (Å²) in [4.78, 5) is 16.8. The maximum Gasteiger partial charge on any atom is 0.227 e. The molecule has 152 valence electrons. The van der Waals surface area contributed by atoms with E-state index in [2.05, 4.69) is 22.3 Å². The maximum atomic E-state index is 12.3. The molecule has 0 spiro atoms. The molecule has 0 fully saturated rings. The lowest BCUT2D eigenvalue weighted by atomic mass is 10.2. The molecule has 1 amide bonds. The first-order valence-electron chi connectivity index (χ1n) is 10.1. The number of nitrogens with zero attached hydrogens (tertiary/aromatic N) is 3. The van der Waals surface area contributed by atoms with Crippen LogP contribution in [0.4, 0.5) is 5.69 Å². The van der Waals surface area contributed by atoms with Gasteiger partial charge in [0.05, 0.1) is 36.3 Å². The van der Waals surface area contributed by atoms with Crippen LogP contribution < -0.4 is 10.1 Å². The zero-order valence-corrected chi connectivity index (χ0v) is 17.1. The summed E-state index contributed by atoms with van der Waals surface area (Å²) in [6, 6.07) is 19.7. The fraction of sp³-hybridized carbons (Fsp3) is 0.208. The summed E-state index contributed by atoms with van der Waals surface area (Å²) in [5.41, 5.74) is 4.47. The van der Waals surface area contributed by atoms with Crippen LogP contribution in [-0.4, -0.2) is 27.3 Å². The maximum absolute atomic E-state index is 12.3. The lowest BCUT2D eigenvalue weighted by Gasteiger charge is -2.08. The predicted octanol–water partition coefficient (Wildman–Crippen LogP) is 4.70. The zero-order chi connectivity index (χ0) is 20.9. The summed E-state index contributed by atoms with van der Waals surface area (Å²) in [5.74, 6) is 0.654. The van der Waals surface area contributed by atoms with Gasteiger partial charge in [-0.05, 0) is 49.2 Å². The van der Waals surface area contributed by atoms with Gasteiger partial charge in [-0.15, -0.1) is 0 Å². The van der Waals surface area contributed by atoms with Crippen molar-refractivity contribution < 1.29 is 9.53 Å². The summed E-state index contributed by atoms with van der Waals surface area (Å²) < 4.78 is 7.48. The minimum Gasteiger partial charge on any atom is -0.493 e. The van der Waals surface area contributed by atoms with Gasteiger partial charge in [0.25, 0.3) is 0 Å². The van der Waals surface area contributed by atoms with Gasteiger partial charge >= 0.3 is 0 Å². The van der Waals surface area contributed by atoms with Crippen molar-refractivity contribution in [3.63, 3.8) is 0 Å². The molecule has 2 heterocycles. The van der Waals surface area contributed by atoms with E-state index < -0.39 is 0 Å². The van der Waals surface area contributed by atoms with Crippen LogP contribution in [0.5, 0.6) is 5.75 Å². The normalized spacial score (nSPS) is 10.9. The van der Waals surface area contributed by atoms with E-state index in [1.165, 1.54) is 5.56 Å². The summed E-state index contributed by atoms with van der Waals surface area (Å²) in [6.07, 6.45) is 2.91. The SMILES string of the molecule is CCc1ccc(OCCC(=O)Nc2cnc3c(c2)c(C)nn3-c2ccccc2)cc1. The molecule has 30 heavy (non-hydrogen) atoms. The van der Waals surface area contributed by atoms with Crippen LogP contribution in [0.1, 0.15) is 24.6 Å². The summed E-state index contributed by atoms with van der Waals surface area (Å²) in [6.45, 7) is 4.37. The minimum atomic E-state index is -0.116. The van der Waals surface area contributed by atoms with E-state index in [-0.39, 0.29) is 12.3 Å².